The maximum Gasteiger partial charge on any atom is 0.261 e. The number of aryl methyl sites for hydroxylation is 1. The predicted octanol–water partition coefficient (Wildman–Crippen LogP) is 5.38. The summed E-state index contributed by atoms with van der Waals surface area (Å²) in [7, 11) is -3.68. The van der Waals surface area contributed by atoms with Crippen molar-refractivity contribution in [2.45, 2.75) is 37.6 Å². The predicted molar refractivity (Wildman–Crippen MR) is 114 cm³/mol. The highest BCUT2D eigenvalue weighted by atomic mass is 35.5. The molecular weight excluding hydrogens is 417 g/mol. The van der Waals surface area contributed by atoms with Gasteiger partial charge in [0.1, 0.15) is 0 Å². The molecule has 0 saturated heterocycles. The molecule has 0 spiro atoms. The van der Waals surface area contributed by atoms with Crippen LogP contribution in [-0.2, 0) is 23.0 Å². The summed E-state index contributed by atoms with van der Waals surface area (Å²) in [5.41, 5.74) is 2.23. The van der Waals surface area contributed by atoms with Crippen molar-refractivity contribution in [3.63, 3.8) is 0 Å². The van der Waals surface area contributed by atoms with Gasteiger partial charge in [-0.2, -0.15) is 5.10 Å². The third-order valence-corrected chi connectivity index (χ3v) is 6.43. The normalized spacial score (nSPS) is 11.5. The number of nitrogens with zero attached hydrogens (tertiary/aromatic N) is 2. The summed E-state index contributed by atoms with van der Waals surface area (Å²) in [5.74, 6) is 0. The summed E-state index contributed by atoms with van der Waals surface area (Å²) in [4.78, 5) is 0.217. The van der Waals surface area contributed by atoms with E-state index < -0.39 is 10.0 Å². The molecule has 8 heteroatoms. The second-order valence-corrected chi connectivity index (χ2v) is 8.98. The first-order chi connectivity index (χ1) is 13.4. The molecule has 5 nitrogen and oxygen atoms in total. The number of halogens is 2. The molecule has 0 amide bonds. The Morgan fingerprint density at radius 2 is 1.75 bits per heavy atom. The lowest BCUT2D eigenvalue weighted by Crippen LogP contribution is -2.12. The molecule has 1 aromatic heterocycles. The molecule has 0 bridgehead atoms. The summed E-state index contributed by atoms with van der Waals surface area (Å²) >= 11 is 12.4. The lowest BCUT2D eigenvalue weighted by atomic mass is 10.1. The van der Waals surface area contributed by atoms with Gasteiger partial charge in [0.25, 0.3) is 10.0 Å². The zero-order chi connectivity index (χ0) is 20.1. The van der Waals surface area contributed by atoms with Crippen LogP contribution in [-0.4, -0.2) is 18.2 Å². The summed E-state index contributed by atoms with van der Waals surface area (Å²) < 4.78 is 29.4. The van der Waals surface area contributed by atoms with Gasteiger partial charge in [-0.25, -0.2) is 8.42 Å². The van der Waals surface area contributed by atoms with E-state index >= 15 is 0 Å². The van der Waals surface area contributed by atoms with Gasteiger partial charge in [0, 0.05) is 21.8 Å². The van der Waals surface area contributed by atoms with Crippen molar-refractivity contribution in [1.82, 2.24) is 9.78 Å². The zero-order valence-corrected chi connectivity index (χ0v) is 17.7. The highest BCUT2D eigenvalue weighted by Crippen LogP contribution is 2.25. The second kappa shape index (κ2) is 8.99. The summed E-state index contributed by atoms with van der Waals surface area (Å²) in [5, 5.41) is 5.26. The van der Waals surface area contributed by atoms with Crippen molar-refractivity contribution in [3.05, 3.63) is 76.0 Å². The Hall–Kier alpha value is -2.02. The van der Waals surface area contributed by atoms with Crippen LogP contribution in [0.5, 0.6) is 0 Å². The lowest BCUT2D eigenvalue weighted by Gasteiger charge is -2.08. The molecule has 0 unspecified atom stereocenters. The zero-order valence-electron chi connectivity index (χ0n) is 15.4. The summed E-state index contributed by atoms with van der Waals surface area (Å²) in [6, 6.07) is 12.2. The van der Waals surface area contributed by atoms with E-state index in [1.807, 2.05) is 12.1 Å². The Balaban J connectivity index is 1.71. The first-order valence-electron chi connectivity index (χ1n) is 8.96. The van der Waals surface area contributed by atoms with Crippen LogP contribution in [0.3, 0.4) is 0 Å². The molecule has 0 aliphatic rings. The number of hydrogen-bond donors (Lipinski definition) is 1. The average molecular weight is 438 g/mol. The molecule has 0 aliphatic heterocycles. The fraction of sp³-hybridized carbons (Fsp3) is 0.250. The fourth-order valence-electron chi connectivity index (χ4n) is 2.78. The number of benzene rings is 2. The summed E-state index contributed by atoms with van der Waals surface area (Å²) in [6.45, 7) is 2.47. The average Bonchev–Trinajstić information content (AvgIpc) is 3.10. The first-order valence-corrected chi connectivity index (χ1v) is 11.2. The molecule has 0 aliphatic carbocycles. The van der Waals surface area contributed by atoms with Crippen LogP contribution < -0.4 is 4.72 Å². The Kier molecular flexibility index (Phi) is 6.65. The van der Waals surface area contributed by atoms with E-state index in [0.717, 1.165) is 30.4 Å². The summed E-state index contributed by atoms with van der Waals surface area (Å²) in [6.07, 6.45) is 6.19. The molecular formula is C20H21Cl2N3O2S. The molecule has 0 atom stereocenters. The minimum Gasteiger partial charge on any atom is -0.276 e. The third kappa shape index (κ3) is 5.07. The molecule has 3 rings (SSSR count). The van der Waals surface area contributed by atoms with Gasteiger partial charge in [0.05, 0.1) is 23.3 Å². The Labute approximate surface area is 175 Å². The van der Waals surface area contributed by atoms with Gasteiger partial charge in [0.15, 0.2) is 0 Å². The van der Waals surface area contributed by atoms with Crippen LogP contribution in [0.1, 0.15) is 30.9 Å². The molecule has 0 radical (unpaired) electrons. The van der Waals surface area contributed by atoms with Crippen molar-refractivity contribution in [2.24, 2.45) is 0 Å². The SMILES string of the molecule is CCCCc1ccc(S(=O)(=O)Nc2cnn(Cc3c(Cl)cccc3Cl)c2)cc1. The number of sulfonamides is 1. The number of anilines is 1. The minimum atomic E-state index is -3.68. The number of rotatable bonds is 8. The monoisotopic (exact) mass is 437 g/mol. The van der Waals surface area contributed by atoms with Crippen molar-refractivity contribution in [2.75, 3.05) is 4.72 Å². The molecule has 1 heterocycles. The lowest BCUT2D eigenvalue weighted by molar-refractivity contribution is 0.601. The molecule has 3 aromatic rings. The first kappa shape index (κ1) is 20.7. The number of unbranched alkanes of at least 4 members (excludes halogenated alkanes) is 1. The Morgan fingerprint density at radius 1 is 1.07 bits per heavy atom. The van der Waals surface area contributed by atoms with Gasteiger partial charge in [-0.1, -0.05) is 54.7 Å². The topological polar surface area (TPSA) is 64.0 Å². The molecule has 28 heavy (non-hydrogen) atoms. The van der Waals surface area contributed by atoms with E-state index in [-0.39, 0.29) is 4.90 Å². The molecule has 148 valence electrons. The maximum absolute atomic E-state index is 12.6. The highest BCUT2D eigenvalue weighted by molar-refractivity contribution is 7.92. The van der Waals surface area contributed by atoms with Gasteiger partial charge in [-0.15, -0.1) is 0 Å². The van der Waals surface area contributed by atoms with Crippen molar-refractivity contribution in [1.29, 1.82) is 0 Å². The van der Waals surface area contributed by atoms with Crippen LogP contribution in [0.2, 0.25) is 10.0 Å². The standard InChI is InChI=1S/C20H21Cl2N3O2S/c1-2-3-5-15-8-10-17(11-9-15)28(26,27)24-16-12-23-25(13-16)14-18-19(21)6-4-7-20(18)22/h4,6-13,24H,2-3,5,14H2,1H3. The maximum atomic E-state index is 12.6. The smallest absolute Gasteiger partial charge is 0.261 e. The van der Waals surface area contributed by atoms with Crippen molar-refractivity contribution in [3.8, 4) is 0 Å². The van der Waals surface area contributed by atoms with Gasteiger partial charge in [-0.3, -0.25) is 9.40 Å². The van der Waals surface area contributed by atoms with Crippen LogP contribution in [0, 0.1) is 0 Å². The minimum absolute atomic E-state index is 0.217. The van der Waals surface area contributed by atoms with Gasteiger partial charge in [-0.05, 0) is 42.7 Å². The quantitative estimate of drug-likeness (QED) is 0.514. The Morgan fingerprint density at radius 3 is 2.39 bits per heavy atom. The fourth-order valence-corrected chi connectivity index (χ4v) is 4.32. The van der Waals surface area contributed by atoms with E-state index in [4.69, 9.17) is 23.2 Å². The van der Waals surface area contributed by atoms with E-state index in [1.54, 1.807) is 41.2 Å². The molecule has 1 N–H and O–H groups in total. The number of nitrogens with one attached hydrogen (secondary N) is 1. The number of aromatic nitrogens is 2. The molecule has 0 saturated carbocycles. The van der Waals surface area contributed by atoms with E-state index in [1.165, 1.54) is 6.20 Å². The van der Waals surface area contributed by atoms with E-state index in [2.05, 4.69) is 16.7 Å². The molecule has 2 aromatic carbocycles. The van der Waals surface area contributed by atoms with Crippen LogP contribution >= 0.6 is 23.2 Å². The van der Waals surface area contributed by atoms with Crippen LogP contribution in [0.15, 0.2) is 59.8 Å². The third-order valence-electron chi connectivity index (χ3n) is 4.32. The van der Waals surface area contributed by atoms with Crippen molar-refractivity contribution >= 4 is 38.9 Å². The van der Waals surface area contributed by atoms with Gasteiger partial charge >= 0.3 is 0 Å². The van der Waals surface area contributed by atoms with Crippen LogP contribution in [0.25, 0.3) is 0 Å². The van der Waals surface area contributed by atoms with E-state index in [0.29, 0.717) is 22.3 Å². The van der Waals surface area contributed by atoms with Gasteiger partial charge in [0.2, 0.25) is 0 Å². The number of hydrogen-bond acceptors (Lipinski definition) is 3. The van der Waals surface area contributed by atoms with Crippen LogP contribution in [0.4, 0.5) is 5.69 Å². The Bertz CT molecular complexity index is 1030. The highest BCUT2D eigenvalue weighted by Gasteiger charge is 2.15. The van der Waals surface area contributed by atoms with Gasteiger partial charge < -0.3 is 0 Å². The largest absolute Gasteiger partial charge is 0.276 e. The van der Waals surface area contributed by atoms with Crippen molar-refractivity contribution < 1.29 is 8.42 Å². The molecule has 0 fully saturated rings. The van der Waals surface area contributed by atoms with E-state index in [9.17, 15) is 8.42 Å². The second-order valence-electron chi connectivity index (χ2n) is 6.48.